The third-order valence-electron chi connectivity index (χ3n) is 3.96. The number of aryl methyl sites for hydroxylation is 1. The van der Waals surface area contributed by atoms with Gasteiger partial charge in [0.2, 0.25) is 5.91 Å². The van der Waals surface area contributed by atoms with Crippen LogP contribution in [0.1, 0.15) is 30.9 Å². The van der Waals surface area contributed by atoms with Gasteiger partial charge in [0, 0.05) is 12.6 Å². The summed E-state index contributed by atoms with van der Waals surface area (Å²) in [6.07, 6.45) is 3.89. The summed E-state index contributed by atoms with van der Waals surface area (Å²) in [5, 5.41) is 0. The van der Waals surface area contributed by atoms with E-state index < -0.39 is 0 Å². The van der Waals surface area contributed by atoms with Crippen LogP contribution >= 0.6 is 11.6 Å². The average molecular weight is 296 g/mol. The van der Waals surface area contributed by atoms with Gasteiger partial charge in [-0.2, -0.15) is 0 Å². The monoisotopic (exact) mass is 295 g/mol. The first-order chi connectivity index (χ1) is 9.69. The number of hydrogen-bond acceptors (Lipinski definition) is 2. The molecule has 0 saturated heterocycles. The molecular formula is C16H22ClNO2. The van der Waals surface area contributed by atoms with Crippen LogP contribution in [-0.4, -0.2) is 36.4 Å². The van der Waals surface area contributed by atoms with Gasteiger partial charge in [-0.3, -0.25) is 4.79 Å². The molecule has 0 saturated carbocycles. The maximum Gasteiger partial charge on any atom is 0.237 e. The van der Waals surface area contributed by atoms with Crippen LogP contribution in [-0.2, 0) is 17.6 Å². The number of amides is 1. The van der Waals surface area contributed by atoms with Crippen molar-refractivity contribution in [1.82, 2.24) is 4.90 Å². The zero-order chi connectivity index (χ0) is 14.5. The van der Waals surface area contributed by atoms with E-state index in [1.165, 1.54) is 11.1 Å². The Morgan fingerprint density at radius 1 is 1.45 bits per heavy atom. The quantitative estimate of drug-likeness (QED) is 0.782. The molecule has 1 amide bonds. The molecule has 1 aliphatic carbocycles. The highest BCUT2D eigenvalue weighted by molar-refractivity contribution is 6.27. The number of carbonyl (C=O) groups is 1. The third kappa shape index (κ3) is 3.26. The summed E-state index contributed by atoms with van der Waals surface area (Å²) in [6, 6.07) is 6.50. The van der Waals surface area contributed by atoms with Crippen molar-refractivity contribution in [3.63, 3.8) is 0 Å². The highest BCUT2D eigenvalue weighted by atomic mass is 35.5. The lowest BCUT2D eigenvalue weighted by atomic mass is 9.87. The Labute approximate surface area is 125 Å². The molecule has 1 aliphatic rings. The van der Waals surface area contributed by atoms with E-state index >= 15 is 0 Å². The van der Waals surface area contributed by atoms with Gasteiger partial charge >= 0.3 is 0 Å². The molecule has 1 aromatic rings. The van der Waals surface area contributed by atoms with Gasteiger partial charge in [-0.05, 0) is 48.9 Å². The van der Waals surface area contributed by atoms with Crippen LogP contribution in [0.2, 0.25) is 0 Å². The summed E-state index contributed by atoms with van der Waals surface area (Å²) >= 11 is 5.74. The summed E-state index contributed by atoms with van der Waals surface area (Å²) in [5.74, 6) is 1.00. The molecule has 2 rings (SSSR count). The van der Waals surface area contributed by atoms with Crippen LogP contribution in [0.15, 0.2) is 18.2 Å². The van der Waals surface area contributed by atoms with Crippen LogP contribution in [0.4, 0.5) is 0 Å². The average Bonchev–Trinajstić information content (AvgIpc) is 2.50. The lowest BCUT2D eigenvalue weighted by Gasteiger charge is -2.35. The van der Waals surface area contributed by atoms with Gasteiger partial charge in [0.25, 0.3) is 0 Å². The number of rotatable bonds is 5. The minimum Gasteiger partial charge on any atom is -0.497 e. The number of hydrogen-bond donors (Lipinski definition) is 0. The highest BCUT2D eigenvalue weighted by Crippen LogP contribution is 2.28. The first-order valence-electron chi connectivity index (χ1n) is 7.20. The summed E-state index contributed by atoms with van der Waals surface area (Å²) in [7, 11) is 1.68. The maximum atomic E-state index is 12.0. The molecular weight excluding hydrogens is 274 g/mol. The number of alkyl halides is 1. The fourth-order valence-electron chi connectivity index (χ4n) is 2.94. The summed E-state index contributed by atoms with van der Waals surface area (Å²) < 4.78 is 5.29. The molecule has 4 heteroatoms. The van der Waals surface area contributed by atoms with Crippen molar-refractivity contribution in [2.45, 2.75) is 38.6 Å². The van der Waals surface area contributed by atoms with E-state index in [1.807, 2.05) is 11.0 Å². The predicted molar refractivity (Wildman–Crippen MR) is 81.5 cm³/mol. The van der Waals surface area contributed by atoms with Crippen molar-refractivity contribution >= 4 is 17.5 Å². The van der Waals surface area contributed by atoms with Crippen molar-refractivity contribution in [3.05, 3.63) is 29.3 Å². The molecule has 3 nitrogen and oxygen atoms in total. The van der Waals surface area contributed by atoms with Gasteiger partial charge in [0.1, 0.15) is 11.6 Å². The topological polar surface area (TPSA) is 29.5 Å². The SMILES string of the molecule is CCCN(C(=O)CCl)C1CCc2ccc(OC)cc2C1. The van der Waals surface area contributed by atoms with Crippen LogP contribution in [0.3, 0.4) is 0 Å². The number of halogens is 1. The Morgan fingerprint density at radius 3 is 2.90 bits per heavy atom. The molecule has 0 N–H and O–H groups in total. The number of methoxy groups -OCH3 is 1. The molecule has 0 fully saturated rings. The predicted octanol–water partition coefficient (Wildman–Crippen LogP) is 3.03. The van der Waals surface area contributed by atoms with Gasteiger partial charge in [-0.1, -0.05) is 13.0 Å². The zero-order valence-electron chi connectivity index (χ0n) is 12.2. The molecule has 0 heterocycles. The number of ether oxygens (including phenoxy) is 1. The molecule has 1 atom stereocenters. The molecule has 0 aromatic heterocycles. The van der Waals surface area contributed by atoms with Crippen molar-refractivity contribution in [3.8, 4) is 5.75 Å². The molecule has 0 bridgehead atoms. The van der Waals surface area contributed by atoms with E-state index in [2.05, 4.69) is 19.1 Å². The van der Waals surface area contributed by atoms with Crippen LogP contribution in [0.25, 0.3) is 0 Å². The van der Waals surface area contributed by atoms with E-state index in [9.17, 15) is 4.79 Å². The fraction of sp³-hybridized carbons (Fsp3) is 0.562. The van der Waals surface area contributed by atoms with Crippen LogP contribution in [0.5, 0.6) is 5.75 Å². The molecule has 20 heavy (non-hydrogen) atoms. The van der Waals surface area contributed by atoms with E-state index in [1.54, 1.807) is 7.11 Å². The second-order valence-electron chi connectivity index (χ2n) is 5.25. The number of fused-ring (bicyclic) bond motifs is 1. The second kappa shape index (κ2) is 6.98. The number of carbonyl (C=O) groups excluding carboxylic acids is 1. The minimum atomic E-state index is 0.0462. The van der Waals surface area contributed by atoms with Gasteiger partial charge in [-0.25, -0.2) is 0 Å². The molecule has 110 valence electrons. The van der Waals surface area contributed by atoms with E-state index in [4.69, 9.17) is 16.3 Å². The first kappa shape index (κ1) is 15.2. The molecule has 1 unspecified atom stereocenters. The van der Waals surface area contributed by atoms with Crippen molar-refractivity contribution < 1.29 is 9.53 Å². The summed E-state index contributed by atoms with van der Waals surface area (Å²) in [5.41, 5.74) is 2.67. The summed E-state index contributed by atoms with van der Waals surface area (Å²) in [4.78, 5) is 14.0. The Morgan fingerprint density at radius 2 is 2.25 bits per heavy atom. The minimum absolute atomic E-state index is 0.0462. The van der Waals surface area contributed by atoms with Crippen LogP contribution < -0.4 is 4.74 Å². The van der Waals surface area contributed by atoms with Crippen molar-refractivity contribution in [1.29, 1.82) is 0 Å². The Balaban J connectivity index is 2.17. The maximum absolute atomic E-state index is 12.0. The number of nitrogens with zero attached hydrogens (tertiary/aromatic N) is 1. The first-order valence-corrected chi connectivity index (χ1v) is 7.74. The standard InChI is InChI=1S/C16H22ClNO2/c1-3-8-18(16(19)11-17)14-6-4-12-5-7-15(20-2)10-13(12)9-14/h5,7,10,14H,3-4,6,8-9,11H2,1-2H3. The third-order valence-corrected chi connectivity index (χ3v) is 4.18. The second-order valence-corrected chi connectivity index (χ2v) is 5.52. The lowest BCUT2D eigenvalue weighted by molar-refractivity contribution is -0.131. The molecule has 1 aromatic carbocycles. The fourth-order valence-corrected chi connectivity index (χ4v) is 3.09. The highest BCUT2D eigenvalue weighted by Gasteiger charge is 2.26. The van der Waals surface area contributed by atoms with Gasteiger partial charge in [0.15, 0.2) is 0 Å². The Kier molecular flexibility index (Phi) is 5.30. The van der Waals surface area contributed by atoms with E-state index in [-0.39, 0.29) is 17.8 Å². The van der Waals surface area contributed by atoms with E-state index in [0.717, 1.165) is 38.0 Å². The summed E-state index contributed by atoms with van der Waals surface area (Å²) in [6.45, 7) is 2.88. The van der Waals surface area contributed by atoms with Crippen molar-refractivity contribution in [2.24, 2.45) is 0 Å². The van der Waals surface area contributed by atoms with Gasteiger partial charge < -0.3 is 9.64 Å². The Bertz CT molecular complexity index is 476. The van der Waals surface area contributed by atoms with Crippen LogP contribution in [0, 0.1) is 0 Å². The van der Waals surface area contributed by atoms with Gasteiger partial charge in [0.05, 0.1) is 7.11 Å². The molecule has 0 radical (unpaired) electrons. The lowest BCUT2D eigenvalue weighted by Crippen LogP contribution is -2.44. The normalized spacial score (nSPS) is 17.4. The molecule has 0 spiro atoms. The van der Waals surface area contributed by atoms with Gasteiger partial charge in [-0.15, -0.1) is 11.6 Å². The van der Waals surface area contributed by atoms with Crippen molar-refractivity contribution in [2.75, 3.05) is 19.5 Å². The smallest absolute Gasteiger partial charge is 0.237 e. The Hall–Kier alpha value is -1.22. The number of benzene rings is 1. The van der Waals surface area contributed by atoms with E-state index in [0.29, 0.717) is 0 Å². The largest absolute Gasteiger partial charge is 0.497 e. The zero-order valence-corrected chi connectivity index (χ0v) is 12.9. The molecule has 0 aliphatic heterocycles.